The third kappa shape index (κ3) is 4.36. The monoisotopic (exact) mass is 447 g/mol. The lowest BCUT2D eigenvalue weighted by Crippen LogP contribution is -2.47. The van der Waals surface area contributed by atoms with Crippen molar-refractivity contribution in [1.82, 2.24) is 4.90 Å². The Hall–Kier alpha value is -3.24. The topological polar surface area (TPSA) is 52.9 Å². The molecule has 3 aromatic rings. The summed E-state index contributed by atoms with van der Waals surface area (Å²) in [5, 5.41) is 20.0. The quantitative estimate of drug-likeness (QED) is 0.483. The van der Waals surface area contributed by atoms with Crippen LogP contribution in [0.4, 0.5) is 0 Å². The molecule has 0 spiro atoms. The van der Waals surface area contributed by atoms with Gasteiger partial charge in [-0.2, -0.15) is 0 Å². The molecule has 33 heavy (non-hydrogen) atoms. The van der Waals surface area contributed by atoms with E-state index in [0.29, 0.717) is 47.8 Å². The normalized spacial score (nSPS) is 22.0. The highest BCUT2D eigenvalue weighted by atomic mass is 16.5. The molecule has 2 N–H and O–H groups in total. The molecule has 0 amide bonds. The molecule has 1 atom stereocenters. The first-order chi connectivity index (χ1) is 18.5. The highest BCUT2D eigenvalue weighted by Crippen LogP contribution is 2.47. The molecular weight excluding hydrogens is 410 g/mol. The Morgan fingerprint density at radius 3 is 2.48 bits per heavy atom. The van der Waals surface area contributed by atoms with Crippen LogP contribution < -0.4 is 4.74 Å². The van der Waals surface area contributed by atoms with E-state index in [0.717, 1.165) is 13.0 Å². The van der Waals surface area contributed by atoms with Gasteiger partial charge in [0.1, 0.15) is 23.4 Å². The van der Waals surface area contributed by atoms with Crippen LogP contribution in [0.15, 0.2) is 66.7 Å². The Bertz CT molecular complexity index is 1360. The van der Waals surface area contributed by atoms with Crippen molar-refractivity contribution >= 4 is 11.1 Å². The number of rotatable bonds is 6. The van der Waals surface area contributed by atoms with Crippen LogP contribution in [0.25, 0.3) is 11.1 Å². The van der Waals surface area contributed by atoms with Gasteiger partial charge in [0.15, 0.2) is 0 Å². The number of hydrogen-bond acceptors (Lipinski definition) is 4. The number of phenols is 2. The minimum absolute atomic E-state index is 0.0497. The Labute approximate surface area is 204 Å². The number of nitrogens with zero attached hydrogens (tertiary/aromatic N) is 1. The highest BCUT2D eigenvalue weighted by molar-refractivity contribution is 5.95. The second-order valence-electron chi connectivity index (χ2n) is 8.59. The molecule has 5 rings (SSSR count). The summed E-state index contributed by atoms with van der Waals surface area (Å²) in [6.45, 7) is -0.0302. The van der Waals surface area contributed by atoms with Gasteiger partial charge in [-0.25, -0.2) is 0 Å². The number of benzene rings is 3. The van der Waals surface area contributed by atoms with Gasteiger partial charge >= 0.3 is 0 Å². The highest BCUT2D eigenvalue weighted by Gasteiger charge is 2.30. The van der Waals surface area contributed by atoms with Gasteiger partial charge in [0.25, 0.3) is 0 Å². The number of ether oxygens (including phenoxy) is 1. The number of phenolic OH excluding ortho intramolecular Hbond substituents is 2. The predicted molar refractivity (Wildman–Crippen MR) is 132 cm³/mol. The molecule has 3 aromatic carbocycles. The average Bonchev–Trinajstić information content (AvgIpc) is 2.86. The summed E-state index contributed by atoms with van der Waals surface area (Å²) in [6, 6.07) is 17.6. The summed E-state index contributed by atoms with van der Waals surface area (Å²) in [6.07, 6.45) is -1.61. The molecule has 0 aliphatic carbocycles. The number of likely N-dealkylation sites (tertiary alicyclic amines) is 1. The Morgan fingerprint density at radius 1 is 1.00 bits per heavy atom. The standard InChI is InChI=1S/C29H31NO3/c1-3-14-30-17-21(18-30)15-20-4-6-23(7-5-20)29-28(22-8-10-24(31)11-9-22)19(2)26-13-12-25(32)16-27(26)33-29/h4-13,16,21,29,31-32H,3,14-15,17-18H2,1-2H3/i1D,2D3,15D2. The smallest absolute Gasteiger partial charge is 0.150 e. The maximum atomic E-state index is 10.1. The van der Waals surface area contributed by atoms with Crippen LogP contribution in [-0.2, 0) is 6.37 Å². The summed E-state index contributed by atoms with van der Waals surface area (Å²) in [5.41, 5.74) is 2.63. The first-order valence-corrected chi connectivity index (χ1v) is 11.1. The largest absolute Gasteiger partial charge is 0.508 e. The SMILES string of the molecule is [2H]CCCN1CC(C([2H])([2H])c2ccc(C3Oc4cc(O)ccc4C(C([2H])([2H])[2H])=C3c3ccc(O)cc3)cc2)C1. The zero-order chi connectivity index (χ0) is 27.9. The van der Waals surface area contributed by atoms with E-state index in [1.54, 1.807) is 36.4 Å². The molecule has 2 aliphatic heterocycles. The van der Waals surface area contributed by atoms with Crippen LogP contribution in [-0.4, -0.2) is 34.7 Å². The van der Waals surface area contributed by atoms with Crippen LogP contribution in [0.5, 0.6) is 17.2 Å². The summed E-state index contributed by atoms with van der Waals surface area (Å²) in [4.78, 5) is 2.17. The summed E-state index contributed by atoms with van der Waals surface area (Å²) in [7, 11) is 0. The molecule has 2 heterocycles. The fourth-order valence-corrected chi connectivity index (χ4v) is 4.51. The fraction of sp³-hybridized carbons (Fsp3) is 0.310. The molecule has 4 heteroatoms. The van der Waals surface area contributed by atoms with Gasteiger partial charge in [0, 0.05) is 38.5 Å². The summed E-state index contributed by atoms with van der Waals surface area (Å²) < 4.78 is 56.3. The van der Waals surface area contributed by atoms with Gasteiger partial charge in [0.2, 0.25) is 0 Å². The number of hydrogen-bond donors (Lipinski definition) is 2. The minimum atomic E-state index is -2.51. The van der Waals surface area contributed by atoms with E-state index in [1.807, 2.05) is 0 Å². The second-order valence-corrected chi connectivity index (χ2v) is 8.59. The van der Waals surface area contributed by atoms with Crippen molar-refractivity contribution in [2.45, 2.75) is 32.6 Å². The average molecular weight is 448 g/mol. The van der Waals surface area contributed by atoms with E-state index < -0.39 is 19.3 Å². The first-order valence-electron chi connectivity index (χ1n) is 14.4. The lowest BCUT2D eigenvalue weighted by molar-refractivity contribution is 0.101. The van der Waals surface area contributed by atoms with E-state index in [-0.39, 0.29) is 28.7 Å². The third-order valence-electron chi connectivity index (χ3n) is 6.20. The van der Waals surface area contributed by atoms with Crippen molar-refractivity contribution in [3.8, 4) is 17.2 Å². The van der Waals surface area contributed by atoms with Crippen LogP contribution in [0.2, 0.25) is 0 Å². The van der Waals surface area contributed by atoms with Crippen molar-refractivity contribution < 1.29 is 23.2 Å². The molecule has 1 saturated heterocycles. The van der Waals surface area contributed by atoms with Crippen LogP contribution in [0.3, 0.4) is 0 Å². The lowest BCUT2D eigenvalue weighted by atomic mass is 9.85. The molecule has 1 fully saturated rings. The third-order valence-corrected chi connectivity index (χ3v) is 6.20. The van der Waals surface area contributed by atoms with Gasteiger partial charge in [-0.15, -0.1) is 0 Å². The Kier molecular flexibility index (Phi) is 4.22. The molecule has 0 saturated carbocycles. The van der Waals surface area contributed by atoms with Gasteiger partial charge in [0.05, 0.1) is 0 Å². The minimum Gasteiger partial charge on any atom is -0.508 e. The predicted octanol–water partition coefficient (Wildman–Crippen LogP) is 6.05. The molecule has 0 aromatic heterocycles. The molecule has 170 valence electrons. The van der Waals surface area contributed by atoms with Crippen LogP contribution in [0.1, 0.15) is 56.8 Å². The Morgan fingerprint density at radius 2 is 1.76 bits per heavy atom. The van der Waals surface area contributed by atoms with Gasteiger partial charge < -0.3 is 19.8 Å². The van der Waals surface area contributed by atoms with Gasteiger partial charge in [-0.1, -0.05) is 43.3 Å². The fourth-order valence-electron chi connectivity index (χ4n) is 4.51. The Balaban J connectivity index is 1.54. The van der Waals surface area contributed by atoms with Crippen molar-refractivity contribution in [3.05, 3.63) is 89.0 Å². The van der Waals surface area contributed by atoms with Gasteiger partial charge in [-0.05, 0) is 78.6 Å². The van der Waals surface area contributed by atoms with Crippen molar-refractivity contribution in [1.29, 1.82) is 0 Å². The molecule has 2 aliphatic rings. The number of aromatic hydroxyl groups is 2. The second kappa shape index (κ2) is 8.95. The molecule has 1 unspecified atom stereocenters. The summed E-state index contributed by atoms with van der Waals surface area (Å²) >= 11 is 0. The van der Waals surface area contributed by atoms with Crippen LogP contribution in [0, 0.1) is 5.92 Å². The van der Waals surface area contributed by atoms with Crippen LogP contribution >= 0.6 is 0 Å². The van der Waals surface area contributed by atoms with Gasteiger partial charge in [-0.3, -0.25) is 0 Å². The lowest BCUT2D eigenvalue weighted by Gasteiger charge is -2.39. The van der Waals surface area contributed by atoms with Crippen molar-refractivity contribution in [2.24, 2.45) is 5.92 Å². The van der Waals surface area contributed by atoms with Crippen molar-refractivity contribution in [3.63, 3.8) is 0 Å². The van der Waals surface area contributed by atoms with E-state index in [1.165, 1.54) is 30.3 Å². The zero-order valence-electron chi connectivity index (χ0n) is 24.3. The molecular formula is C29H31NO3. The maximum absolute atomic E-state index is 10.1. The maximum Gasteiger partial charge on any atom is 0.150 e. The van der Waals surface area contributed by atoms with E-state index in [4.69, 9.17) is 13.0 Å². The number of allylic oxidation sites excluding steroid dienone is 1. The van der Waals surface area contributed by atoms with E-state index >= 15 is 0 Å². The molecule has 0 radical (unpaired) electrons. The van der Waals surface area contributed by atoms with E-state index in [2.05, 4.69) is 4.90 Å². The molecule has 0 bridgehead atoms. The zero-order valence-corrected chi connectivity index (χ0v) is 18.3. The number of fused-ring (bicyclic) bond motifs is 1. The van der Waals surface area contributed by atoms with E-state index in [9.17, 15) is 10.2 Å². The van der Waals surface area contributed by atoms with Crippen molar-refractivity contribution in [2.75, 3.05) is 19.6 Å². The summed E-state index contributed by atoms with van der Waals surface area (Å²) in [5.74, 6) is 0.0975. The first kappa shape index (κ1) is 15.6. The molecule has 4 nitrogen and oxygen atoms in total.